The van der Waals surface area contributed by atoms with E-state index in [-0.39, 0.29) is 0 Å². The first kappa shape index (κ1) is 10.9. The Labute approximate surface area is 95.4 Å². The predicted molar refractivity (Wildman–Crippen MR) is 63.6 cm³/mol. The van der Waals surface area contributed by atoms with Gasteiger partial charge < -0.3 is 0 Å². The first-order chi connectivity index (χ1) is 7.12. The lowest BCUT2D eigenvalue weighted by molar-refractivity contribution is 0.234. The Bertz CT molecular complexity index is 359. The summed E-state index contributed by atoms with van der Waals surface area (Å²) in [5.74, 6) is 6.35. The molecule has 0 spiro atoms. The number of rotatable bonds is 1. The van der Waals surface area contributed by atoms with Crippen molar-refractivity contribution in [1.29, 1.82) is 0 Å². The third-order valence-corrected chi connectivity index (χ3v) is 3.52. The van der Waals surface area contributed by atoms with Crippen LogP contribution in [0.15, 0.2) is 12.3 Å². The summed E-state index contributed by atoms with van der Waals surface area (Å²) in [6.07, 6.45) is 5.48. The van der Waals surface area contributed by atoms with Gasteiger partial charge in [0.1, 0.15) is 18.2 Å². The monoisotopic (exact) mass is 226 g/mol. The van der Waals surface area contributed by atoms with Gasteiger partial charge in [-0.15, -0.1) is 0 Å². The number of pyridine rings is 1. The Balaban J connectivity index is 2.31. The van der Waals surface area contributed by atoms with Crippen LogP contribution in [0, 0.1) is 6.92 Å². The highest BCUT2D eigenvalue weighted by Gasteiger charge is 2.29. The summed E-state index contributed by atoms with van der Waals surface area (Å²) in [7, 11) is 0. The van der Waals surface area contributed by atoms with Crippen LogP contribution < -0.4 is 10.4 Å². The van der Waals surface area contributed by atoms with Crippen LogP contribution >= 0.6 is 11.6 Å². The number of halogens is 1. The lowest BCUT2D eigenvalue weighted by atomic mass is 10.1. The van der Waals surface area contributed by atoms with Gasteiger partial charge in [-0.2, -0.15) is 5.84 Å². The van der Waals surface area contributed by atoms with Crippen molar-refractivity contribution < 1.29 is 0 Å². The van der Waals surface area contributed by atoms with Crippen molar-refractivity contribution in [3.05, 3.63) is 23.0 Å². The van der Waals surface area contributed by atoms with Crippen LogP contribution in [0.1, 0.15) is 24.8 Å². The van der Waals surface area contributed by atoms with E-state index in [1.54, 1.807) is 6.20 Å². The van der Waals surface area contributed by atoms with Crippen LogP contribution in [0.25, 0.3) is 0 Å². The first-order valence-corrected chi connectivity index (χ1v) is 5.78. The minimum atomic E-state index is 0.519. The predicted octanol–water partition coefficient (Wildman–Crippen LogP) is 2.41. The van der Waals surface area contributed by atoms with Gasteiger partial charge in [0, 0.05) is 6.07 Å². The summed E-state index contributed by atoms with van der Waals surface area (Å²) < 4.78 is 0.519. The zero-order chi connectivity index (χ0) is 10.9. The van der Waals surface area contributed by atoms with Crippen molar-refractivity contribution in [3.63, 3.8) is 0 Å². The van der Waals surface area contributed by atoms with Crippen LogP contribution in [0.5, 0.6) is 0 Å². The van der Waals surface area contributed by atoms with Crippen LogP contribution in [-0.2, 0) is 0 Å². The zero-order valence-electron chi connectivity index (χ0n) is 9.04. The maximum atomic E-state index is 6.35. The van der Waals surface area contributed by atoms with Crippen molar-refractivity contribution in [1.82, 2.24) is 9.58 Å². The molecule has 2 heterocycles. The molecule has 15 heavy (non-hydrogen) atoms. The van der Waals surface area contributed by atoms with Crippen molar-refractivity contribution in [2.45, 2.75) is 26.2 Å². The van der Waals surface area contributed by atoms with Gasteiger partial charge in [-0.05, 0) is 31.7 Å². The largest absolute Gasteiger partial charge is 0.238 e. The molecule has 1 aliphatic rings. The van der Waals surface area contributed by atoms with Crippen molar-refractivity contribution in [3.8, 4) is 0 Å². The number of piperidine rings is 1. The van der Waals surface area contributed by atoms with Crippen LogP contribution in [0.2, 0.25) is 5.15 Å². The highest BCUT2D eigenvalue weighted by atomic mass is 35.5. The summed E-state index contributed by atoms with van der Waals surface area (Å²) in [5.41, 5.74) is 2.08. The number of nitrogens with zero attached hydrogens (tertiary/aromatic N) is 2. The molecular weight excluding hydrogens is 210 g/mol. The van der Waals surface area contributed by atoms with Crippen molar-refractivity contribution in [2.24, 2.45) is 5.84 Å². The fourth-order valence-corrected chi connectivity index (χ4v) is 2.22. The number of hydrogen-bond acceptors (Lipinski definition) is 2. The molecule has 2 N–H and O–H groups in total. The number of aromatic nitrogens is 1. The molecule has 2 rings (SSSR count). The molecule has 0 bridgehead atoms. The molecule has 1 aromatic heterocycles. The Kier molecular flexibility index (Phi) is 2.96. The van der Waals surface area contributed by atoms with Gasteiger partial charge in [0.25, 0.3) is 0 Å². The number of aryl methyl sites for hydroxylation is 1. The molecule has 0 saturated carbocycles. The summed E-state index contributed by atoms with van der Waals surface area (Å²) in [6.45, 7) is 3.97. The number of hydrogen-bond donors (Lipinski definition) is 1. The summed E-state index contributed by atoms with van der Waals surface area (Å²) in [4.78, 5) is 4.17. The molecule has 4 heteroatoms. The third kappa shape index (κ3) is 2.14. The average Bonchev–Trinajstić information content (AvgIpc) is 2.23. The highest BCUT2D eigenvalue weighted by Crippen LogP contribution is 2.26. The van der Waals surface area contributed by atoms with Gasteiger partial charge in [-0.3, -0.25) is 0 Å². The van der Waals surface area contributed by atoms with Gasteiger partial charge >= 0.3 is 0 Å². The maximum Gasteiger partial charge on any atom is 0.170 e. The van der Waals surface area contributed by atoms with E-state index in [1.807, 2.05) is 6.92 Å². The Hall–Kier alpha value is -0.640. The molecule has 0 aliphatic carbocycles. The van der Waals surface area contributed by atoms with E-state index in [9.17, 15) is 0 Å². The van der Waals surface area contributed by atoms with Crippen molar-refractivity contribution >= 4 is 17.3 Å². The van der Waals surface area contributed by atoms with E-state index in [2.05, 4.69) is 11.1 Å². The van der Waals surface area contributed by atoms with Gasteiger partial charge in [0.05, 0.1) is 6.20 Å². The summed E-state index contributed by atoms with van der Waals surface area (Å²) >= 11 is 5.91. The molecule has 1 aliphatic heterocycles. The molecule has 1 fully saturated rings. The topological polar surface area (TPSA) is 38.9 Å². The Morgan fingerprint density at radius 2 is 2.00 bits per heavy atom. The average molecular weight is 227 g/mol. The second-order valence-corrected chi connectivity index (χ2v) is 4.70. The van der Waals surface area contributed by atoms with Crippen LogP contribution in [-0.4, -0.2) is 18.1 Å². The van der Waals surface area contributed by atoms with Gasteiger partial charge in [0.2, 0.25) is 0 Å². The summed E-state index contributed by atoms with van der Waals surface area (Å²) in [5, 5.41) is 0.572. The Morgan fingerprint density at radius 3 is 2.60 bits per heavy atom. The molecule has 0 radical (unpaired) electrons. The van der Waals surface area contributed by atoms with E-state index in [0.717, 1.165) is 24.3 Å². The molecule has 0 amide bonds. The maximum absolute atomic E-state index is 6.35. The van der Waals surface area contributed by atoms with Gasteiger partial charge in [-0.1, -0.05) is 11.6 Å². The minimum Gasteiger partial charge on any atom is -0.238 e. The van der Waals surface area contributed by atoms with E-state index >= 15 is 0 Å². The third-order valence-electron chi connectivity index (χ3n) is 3.13. The second kappa shape index (κ2) is 4.08. The normalized spacial score (nSPS) is 20.2. The van der Waals surface area contributed by atoms with Gasteiger partial charge in [0.15, 0.2) is 5.69 Å². The quantitative estimate of drug-likeness (QED) is 0.454. The van der Waals surface area contributed by atoms with Crippen molar-refractivity contribution in [2.75, 3.05) is 13.1 Å². The second-order valence-electron chi connectivity index (χ2n) is 4.34. The SMILES string of the molecule is Cc1cc([N+]2(N)CCCCC2)cnc1Cl. The number of quaternary nitrogens is 1. The fraction of sp³-hybridized carbons (Fsp3) is 0.545. The van der Waals surface area contributed by atoms with Crippen LogP contribution in [0.4, 0.5) is 5.69 Å². The van der Waals surface area contributed by atoms with E-state index < -0.39 is 0 Å². The summed E-state index contributed by atoms with van der Waals surface area (Å²) in [6, 6.07) is 2.06. The number of nitrogens with two attached hydrogens (primary N) is 1. The molecule has 1 aromatic rings. The lowest BCUT2D eigenvalue weighted by Gasteiger charge is -2.35. The first-order valence-electron chi connectivity index (χ1n) is 5.40. The van der Waals surface area contributed by atoms with E-state index in [4.69, 9.17) is 17.4 Å². The molecule has 1 saturated heterocycles. The highest BCUT2D eigenvalue weighted by molar-refractivity contribution is 6.30. The molecule has 0 aromatic carbocycles. The smallest absolute Gasteiger partial charge is 0.170 e. The van der Waals surface area contributed by atoms with E-state index in [1.165, 1.54) is 19.3 Å². The van der Waals surface area contributed by atoms with E-state index in [0.29, 0.717) is 9.75 Å². The lowest BCUT2D eigenvalue weighted by Crippen LogP contribution is -2.58. The molecular formula is C11H17ClN3+. The molecule has 0 unspecified atom stereocenters. The van der Waals surface area contributed by atoms with Crippen LogP contribution in [0.3, 0.4) is 0 Å². The fourth-order valence-electron chi connectivity index (χ4n) is 2.12. The Morgan fingerprint density at radius 1 is 1.33 bits per heavy atom. The molecule has 3 nitrogen and oxygen atoms in total. The minimum absolute atomic E-state index is 0.519. The molecule has 0 atom stereocenters. The zero-order valence-corrected chi connectivity index (χ0v) is 9.80. The van der Waals surface area contributed by atoms with Gasteiger partial charge in [-0.25, -0.2) is 9.58 Å². The standard InChI is InChI=1S/C11H17ClN3/c1-9-7-10(8-14-11(9)12)15(13)5-3-2-4-6-15/h7-8H,2-6,13H2,1H3/q+1. The molecule has 82 valence electrons.